The van der Waals surface area contributed by atoms with Crippen molar-refractivity contribution in [3.05, 3.63) is 86.7 Å². The Labute approximate surface area is 186 Å². The second kappa shape index (κ2) is 8.61. The number of nitro benzene ring substituents is 1. The maximum atomic E-state index is 13.4. The second-order valence-corrected chi connectivity index (χ2v) is 7.65. The van der Waals surface area contributed by atoms with Crippen molar-refractivity contribution in [1.29, 1.82) is 0 Å². The molecule has 0 unspecified atom stereocenters. The summed E-state index contributed by atoms with van der Waals surface area (Å²) in [5.74, 6) is -1.01. The summed E-state index contributed by atoms with van der Waals surface area (Å²) in [4.78, 5) is 36.1. The first kappa shape index (κ1) is 21.8. The number of aromatic nitrogens is 4. The Balaban J connectivity index is 1.71. The van der Waals surface area contributed by atoms with E-state index in [0.717, 1.165) is 4.68 Å². The molecule has 0 radical (unpaired) electrons. The van der Waals surface area contributed by atoms with Crippen molar-refractivity contribution in [1.82, 2.24) is 19.6 Å². The van der Waals surface area contributed by atoms with Gasteiger partial charge in [0.05, 0.1) is 22.5 Å². The average Bonchev–Trinajstić information content (AvgIpc) is 3.22. The van der Waals surface area contributed by atoms with E-state index < -0.39 is 22.2 Å². The standard InChI is InChI=1S/C22H19FN6O4/c1-13(2)20-18-11-24-28(16-7-3-14(23)4-8-16)21(18)22(31)27(26-20)12-19(30)25-15-5-9-17(10-6-15)29(32)33/h3-11,13H,12H2,1-2H3,(H,25,30). The number of rotatable bonds is 6. The predicted octanol–water partition coefficient (Wildman–Crippen LogP) is 3.39. The average molecular weight is 450 g/mol. The lowest BCUT2D eigenvalue weighted by atomic mass is 10.1. The van der Waals surface area contributed by atoms with Gasteiger partial charge in [0.25, 0.3) is 11.2 Å². The fourth-order valence-corrected chi connectivity index (χ4v) is 3.41. The Morgan fingerprint density at radius 2 is 1.82 bits per heavy atom. The largest absolute Gasteiger partial charge is 0.324 e. The van der Waals surface area contributed by atoms with E-state index in [1.807, 2.05) is 13.8 Å². The number of amides is 1. The fourth-order valence-electron chi connectivity index (χ4n) is 3.41. The first-order chi connectivity index (χ1) is 15.7. The van der Waals surface area contributed by atoms with Crippen molar-refractivity contribution in [2.24, 2.45) is 0 Å². The third kappa shape index (κ3) is 4.33. The number of non-ortho nitro benzene ring substituents is 1. The van der Waals surface area contributed by atoms with Crippen molar-refractivity contribution in [2.45, 2.75) is 26.3 Å². The van der Waals surface area contributed by atoms with Gasteiger partial charge in [-0.05, 0) is 42.3 Å². The third-order valence-corrected chi connectivity index (χ3v) is 4.98. The lowest BCUT2D eigenvalue weighted by Gasteiger charge is -2.12. The van der Waals surface area contributed by atoms with Crippen LogP contribution in [0.1, 0.15) is 25.5 Å². The Morgan fingerprint density at radius 1 is 1.15 bits per heavy atom. The number of fused-ring (bicyclic) bond motifs is 1. The molecule has 2 aromatic heterocycles. The number of anilines is 1. The number of nitrogens with one attached hydrogen (secondary N) is 1. The van der Waals surface area contributed by atoms with Crippen molar-refractivity contribution < 1.29 is 14.1 Å². The van der Waals surface area contributed by atoms with Crippen LogP contribution in [0.3, 0.4) is 0 Å². The molecule has 4 aromatic rings. The van der Waals surface area contributed by atoms with Gasteiger partial charge < -0.3 is 5.32 Å². The highest BCUT2D eigenvalue weighted by Crippen LogP contribution is 2.23. The minimum atomic E-state index is -0.540. The maximum absolute atomic E-state index is 13.4. The van der Waals surface area contributed by atoms with Crippen molar-refractivity contribution in [2.75, 3.05) is 5.32 Å². The first-order valence-electron chi connectivity index (χ1n) is 10.0. The van der Waals surface area contributed by atoms with Gasteiger partial charge in [0.1, 0.15) is 17.9 Å². The van der Waals surface area contributed by atoms with Crippen LogP contribution in [0.5, 0.6) is 0 Å². The zero-order chi connectivity index (χ0) is 23.7. The summed E-state index contributed by atoms with van der Waals surface area (Å²) in [5, 5.41) is 22.6. The summed E-state index contributed by atoms with van der Waals surface area (Å²) >= 11 is 0. The molecule has 0 aliphatic rings. The molecule has 0 bridgehead atoms. The lowest BCUT2D eigenvalue weighted by Crippen LogP contribution is -2.31. The van der Waals surface area contributed by atoms with E-state index in [0.29, 0.717) is 22.5 Å². The van der Waals surface area contributed by atoms with Gasteiger partial charge in [-0.1, -0.05) is 13.8 Å². The van der Waals surface area contributed by atoms with E-state index in [4.69, 9.17) is 0 Å². The van der Waals surface area contributed by atoms with Crippen LogP contribution in [0.2, 0.25) is 0 Å². The number of nitrogens with zero attached hydrogens (tertiary/aromatic N) is 5. The van der Waals surface area contributed by atoms with E-state index >= 15 is 0 Å². The van der Waals surface area contributed by atoms with Crippen molar-refractivity contribution in [3.63, 3.8) is 0 Å². The number of nitro groups is 1. The molecule has 0 aliphatic carbocycles. The molecule has 2 aromatic carbocycles. The number of carbonyl (C=O) groups is 1. The number of carbonyl (C=O) groups excluding carboxylic acids is 1. The summed E-state index contributed by atoms with van der Waals surface area (Å²) in [5.41, 5.74) is 1.01. The van der Waals surface area contributed by atoms with Gasteiger partial charge in [-0.15, -0.1) is 0 Å². The minimum absolute atomic E-state index is 0.0667. The minimum Gasteiger partial charge on any atom is -0.324 e. The molecular weight excluding hydrogens is 431 g/mol. The monoisotopic (exact) mass is 450 g/mol. The molecule has 168 valence electrons. The van der Waals surface area contributed by atoms with Crippen LogP contribution < -0.4 is 10.9 Å². The molecule has 1 N–H and O–H groups in total. The Hall–Kier alpha value is -4.41. The van der Waals surface area contributed by atoms with Gasteiger partial charge in [-0.2, -0.15) is 10.2 Å². The van der Waals surface area contributed by atoms with Gasteiger partial charge in [-0.25, -0.2) is 13.8 Å². The summed E-state index contributed by atoms with van der Waals surface area (Å²) in [6.07, 6.45) is 1.53. The highest BCUT2D eigenvalue weighted by molar-refractivity contribution is 5.91. The van der Waals surface area contributed by atoms with Crippen molar-refractivity contribution in [3.8, 4) is 5.69 Å². The molecule has 2 heterocycles. The molecule has 0 atom stereocenters. The van der Waals surface area contributed by atoms with E-state index in [9.17, 15) is 24.1 Å². The number of hydrogen-bond acceptors (Lipinski definition) is 6. The van der Waals surface area contributed by atoms with Crippen molar-refractivity contribution >= 4 is 28.2 Å². The molecule has 10 nitrogen and oxygen atoms in total. The maximum Gasteiger partial charge on any atom is 0.293 e. The van der Waals surface area contributed by atoms with Crippen LogP contribution >= 0.6 is 0 Å². The predicted molar refractivity (Wildman–Crippen MR) is 119 cm³/mol. The molecule has 0 saturated heterocycles. The molecule has 11 heteroatoms. The molecule has 33 heavy (non-hydrogen) atoms. The van der Waals surface area contributed by atoms with Crippen LogP contribution in [0.25, 0.3) is 16.6 Å². The van der Waals surface area contributed by atoms with Crippen LogP contribution in [-0.4, -0.2) is 30.4 Å². The van der Waals surface area contributed by atoms with E-state index in [2.05, 4.69) is 15.5 Å². The summed E-state index contributed by atoms with van der Waals surface area (Å²) in [7, 11) is 0. The number of halogens is 1. The van der Waals surface area contributed by atoms with Crippen LogP contribution in [0.4, 0.5) is 15.8 Å². The van der Waals surface area contributed by atoms with Crippen LogP contribution in [-0.2, 0) is 11.3 Å². The third-order valence-electron chi connectivity index (χ3n) is 4.98. The SMILES string of the molecule is CC(C)c1nn(CC(=O)Nc2ccc([N+](=O)[O-])cc2)c(=O)c2c1cnn2-c1ccc(F)cc1. The lowest BCUT2D eigenvalue weighted by molar-refractivity contribution is -0.384. The van der Waals surface area contributed by atoms with E-state index in [-0.39, 0.29) is 23.7 Å². The molecule has 4 rings (SSSR count). The fraction of sp³-hybridized carbons (Fsp3) is 0.182. The van der Waals surface area contributed by atoms with Gasteiger partial charge in [0.15, 0.2) is 0 Å². The van der Waals surface area contributed by atoms with Gasteiger partial charge in [0.2, 0.25) is 5.91 Å². The summed E-state index contributed by atoms with van der Waals surface area (Å²) < 4.78 is 15.8. The van der Waals surface area contributed by atoms with Gasteiger partial charge in [0, 0.05) is 23.2 Å². The zero-order valence-electron chi connectivity index (χ0n) is 17.7. The van der Waals surface area contributed by atoms with E-state index in [1.165, 1.54) is 59.4 Å². The summed E-state index contributed by atoms with van der Waals surface area (Å²) in [6.45, 7) is 3.44. The molecule has 0 aliphatic heterocycles. The summed E-state index contributed by atoms with van der Waals surface area (Å²) in [6, 6.07) is 10.9. The normalized spacial score (nSPS) is 11.2. The Morgan fingerprint density at radius 3 is 2.42 bits per heavy atom. The van der Waals surface area contributed by atoms with E-state index in [1.54, 1.807) is 0 Å². The smallest absolute Gasteiger partial charge is 0.293 e. The quantitative estimate of drug-likeness (QED) is 0.355. The van der Waals surface area contributed by atoms with Gasteiger partial charge in [-0.3, -0.25) is 19.7 Å². The molecule has 0 fully saturated rings. The highest BCUT2D eigenvalue weighted by atomic mass is 19.1. The zero-order valence-corrected chi connectivity index (χ0v) is 17.7. The Bertz CT molecular complexity index is 1410. The molecular formula is C22H19FN6O4. The number of benzene rings is 2. The second-order valence-electron chi connectivity index (χ2n) is 7.65. The molecule has 0 spiro atoms. The molecule has 0 saturated carbocycles. The molecule has 1 amide bonds. The van der Waals surface area contributed by atoms with Crippen LogP contribution in [0, 0.1) is 15.9 Å². The van der Waals surface area contributed by atoms with Gasteiger partial charge >= 0.3 is 0 Å². The number of hydrogen-bond donors (Lipinski definition) is 1. The van der Waals surface area contributed by atoms with Crippen LogP contribution in [0.15, 0.2) is 59.5 Å². The topological polar surface area (TPSA) is 125 Å². The first-order valence-corrected chi connectivity index (χ1v) is 10.0. The highest BCUT2D eigenvalue weighted by Gasteiger charge is 2.20. The Kier molecular flexibility index (Phi) is 5.69.